The number of rotatable bonds is 4. The van der Waals surface area contributed by atoms with Gasteiger partial charge in [0.2, 0.25) is 0 Å². The van der Waals surface area contributed by atoms with Crippen molar-refractivity contribution in [2.45, 2.75) is 20.3 Å². The Balaban J connectivity index is 2.41. The molecule has 0 aliphatic carbocycles. The SMILES string of the molecule is CCc1c(NN)ncnc1Nc1cccc(C)c1Cl. The minimum atomic E-state index is 0.615. The van der Waals surface area contributed by atoms with E-state index < -0.39 is 0 Å². The van der Waals surface area contributed by atoms with Crippen molar-refractivity contribution in [1.82, 2.24) is 9.97 Å². The van der Waals surface area contributed by atoms with Crippen LogP contribution in [0.4, 0.5) is 17.3 Å². The number of hydrogen-bond acceptors (Lipinski definition) is 5. The summed E-state index contributed by atoms with van der Waals surface area (Å²) in [5, 5.41) is 3.91. The maximum Gasteiger partial charge on any atom is 0.148 e. The summed E-state index contributed by atoms with van der Waals surface area (Å²) in [6.07, 6.45) is 2.21. The number of aryl methyl sites for hydroxylation is 1. The van der Waals surface area contributed by atoms with Crippen molar-refractivity contribution in [2.24, 2.45) is 5.84 Å². The summed E-state index contributed by atoms with van der Waals surface area (Å²) in [6, 6.07) is 5.81. The van der Waals surface area contributed by atoms with Gasteiger partial charge in [-0.2, -0.15) is 0 Å². The highest BCUT2D eigenvalue weighted by Crippen LogP contribution is 2.30. The van der Waals surface area contributed by atoms with Crippen LogP contribution in [0.3, 0.4) is 0 Å². The zero-order chi connectivity index (χ0) is 13.8. The van der Waals surface area contributed by atoms with Crippen LogP contribution in [0.25, 0.3) is 0 Å². The van der Waals surface area contributed by atoms with Gasteiger partial charge in [-0.3, -0.25) is 0 Å². The fraction of sp³-hybridized carbons (Fsp3) is 0.231. The van der Waals surface area contributed by atoms with E-state index in [9.17, 15) is 0 Å². The number of benzene rings is 1. The summed E-state index contributed by atoms with van der Waals surface area (Å²) in [5.41, 5.74) is 5.32. The molecule has 0 amide bonds. The first-order valence-corrected chi connectivity index (χ1v) is 6.37. The number of nitrogens with one attached hydrogen (secondary N) is 2. The molecule has 0 saturated heterocycles. The average Bonchev–Trinajstić information content (AvgIpc) is 2.43. The van der Waals surface area contributed by atoms with Crippen molar-refractivity contribution in [3.63, 3.8) is 0 Å². The summed E-state index contributed by atoms with van der Waals surface area (Å²) < 4.78 is 0. The largest absolute Gasteiger partial charge is 0.339 e. The summed E-state index contributed by atoms with van der Waals surface area (Å²) in [6.45, 7) is 3.98. The van der Waals surface area contributed by atoms with E-state index in [2.05, 4.69) is 20.7 Å². The molecular weight excluding hydrogens is 262 g/mol. The number of aromatic nitrogens is 2. The van der Waals surface area contributed by atoms with E-state index in [0.29, 0.717) is 16.7 Å². The van der Waals surface area contributed by atoms with Gasteiger partial charge in [-0.15, -0.1) is 0 Å². The number of hydrazine groups is 1. The molecule has 1 aromatic heterocycles. The normalized spacial score (nSPS) is 10.3. The summed E-state index contributed by atoms with van der Waals surface area (Å²) in [5.74, 6) is 6.77. The van der Waals surface area contributed by atoms with Crippen LogP contribution >= 0.6 is 11.6 Å². The van der Waals surface area contributed by atoms with Gasteiger partial charge in [0.15, 0.2) is 0 Å². The molecule has 6 heteroatoms. The maximum absolute atomic E-state index is 6.27. The fourth-order valence-electron chi connectivity index (χ4n) is 1.85. The number of nitrogens with two attached hydrogens (primary N) is 1. The Labute approximate surface area is 117 Å². The molecule has 2 rings (SSSR count). The van der Waals surface area contributed by atoms with E-state index in [1.54, 1.807) is 0 Å². The first-order chi connectivity index (χ1) is 9.17. The smallest absolute Gasteiger partial charge is 0.148 e. The van der Waals surface area contributed by atoms with Gasteiger partial charge in [-0.25, -0.2) is 15.8 Å². The molecule has 5 nitrogen and oxygen atoms in total. The van der Waals surface area contributed by atoms with Gasteiger partial charge in [-0.05, 0) is 25.0 Å². The van der Waals surface area contributed by atoms with Gasteiger partial charge in [-0.1, -0.05) is 30.7 Å². The Morgan fingerprint density at radius 1 is 1.26 bits per heavy atom. The van der Waals surface area contributed by atoms with Gasteiger partial charge in [0.1, 0.15) is 18.0 Å². The van der Waals surface area contributed by atoms with E-state index in [1.807, 2.05) is 32.0 Å². The maximum atomic E-state index is 6.27. The van der Waals surface area contributed by atoms with Crippen LogP contribution in [0.15, 0.2) is 24.5 Å². The standard InChI is InChI=1S/C13H16ClN5/c1-3-9-12(16-7-17-13(9)19-15)18-10-6-4-5-8(2)11(10)14/h4-7H,3,15H2,1-2H3,(H2,16,17,18,19). The van der Waals surface area contributed by atoms with Crippen LogP contribution < -0.4 is 16.6 Å². The highest BCUT2D eigenvalue weighted by molar-refractivity contribution is 6.34. The first kappa shape index (κ1) is 13.6. The van der Waals surface area contributed by atoms with Crippen LogP contribution in [-0.2, 0) is 6.42 Å². The minimum absolute atomic E-state index is 0.615. The third-order valence-corrected chi connectivity index (χ3v) is 3.38. The van der Waals surface area contributed by atoms with Crippen LogP contribution in [0, 0.1) is 6.92 Å². The van der Waals surface area contributed by atoms with Crippen molar-refractivity contribution in [1.29, 1.82) is 0 Å². The Kier molecular flexibility index (Phi) is 4.19. The van der Waals surface area contributed by atoms with Crippen LogP contribution in [0.5, 0.6) is 0 Å². The molecule has 0 bridgehead atoms. The molecule has 0 spiro atoms. The molecular formula is C13H16ClN5. The average molecular weight is 278 g/mol. The van der Waals surface area contributed by atoms with Crippen LogP contribution in [-0.4, -0.2) is 9.97 Å². The van der Waals surface area contributed by atoms with Gasteiger partial charge in [0.25, 0.3) is 0 Å². The van der Waals surface area contributed by atoms with E-state index in [-0.39, 0.29) is 0 Å². The highest BCUT2D eigenvalue weighted by atomic mass is 35.5. The first-order valence-electron chi connectivity index (χ1n) is 6.00. The van der Waals surface area contributed by atoms with Crippen molar-refractivity contribution in [3.05, 3.63) is 40.7 Å². The van der Waals surface area contributed by atoms with Gasteiger partial charge >= 0.3 is 0 Å². The van der Waals surface area contributed by atoms with Crippen molar-refractivity contribution >= 4 is 28.9 Å². The Bertz CT molecular complexity index is 585. The van der Waals surface area contributed by atoms with E-state index in [0.717, 1.165) is 23.2 Å². The van der Waals surface area contributed by atoms with E-state index >= 15 is 0 Å². The number of anilines is 3. The van der Waals surface area contributed by atoms with Gasteiger partial charge < -0.3 is 10.7 Å². The fourth-order valence-corrected chi connectivity index (χ4v) is 2.02. The molecule has 19 heavy (non-hydrogen) atoms. The second-order valence-electron chi connectivity index (χ2n) is 4.11. The molecule has 1 heterocycles. The van der Waals surface area contributed by atoms with Crippen molar-refractivity contribution in [3.8, 4) is 0 Å². The lowest BCUT2D eigenvalue weighted by molar-refractivity contribution is 1.04. The minimum Gasteiger partial charge on any atom is -0.339 e. The lowest BCUT2D eigenvalue weighted by Gasteiger charge is -2.14. The van der Waals surface area contributed by atoms with E-state index in [1.165, 1.54) is 6.33 Å². The molecule has 100 valence electrons. The van der Waals surface area contributed by atoms with E-state index in [4.69, 9.17) is 17.4 Å². The molecule has 0 aliphatic heterocycles. The molecule has 0 radical (unpaired) electrons. The molecule has 2 aromatic rings. The lowest BCUT2D eigenvalue weighted by Crippen LogP contribution is -2.13. The summed E-state index contributed by atoms with van der Waals surface area (Å²) >= 11 is 6.27. The summed E-state index contributed by atoms with van der Waals surface area (Å²) in [4.78, 5) is 8.34. The molecule has 0 atom stereocenters. The molecule has 0 unspecified atom stereocenters. The predicted molar refractivity (Wildman–Crippen MR) is 78.7 cm³/mol. The van der Waals surface area contributed by atoms with Crippen molar-refractivity contribution in [2.75, 3.05) is 10.7 Å². The topological polar surface area (TPSA) is 75.9 Å². The quantitative estimate of drug-likeness (QED) is 0.592. The molecule has 1 aromatic carbocycles. The molecule has 0 fully saturated rings. The second kappa shape index (κ2) is 5.86. The Morgan fingerprint density at radius 2 is 2.00 bits per heavy atom. The van der Waals surface area contributed by atoms with Gasteiger partial charge in [0.05, 0.1) is 10.7 Å². The Morgan fingerprint density at radius 3 is 2.68 bits per heavy atom. The highest BCUT2D eigenvalue weighted by Gasteiger charge is 2.11. The molecule has 4 N–H and O–H groups in total. The zero-order valence-corrected chi connectivity index (χ0v) is 11.6. The predicted octanol–water partition coefficient (Wildman–Crippen LogP) is 3.03. The number of nitrogens with zero attached hydrogens (tertiary/aromatic N) is 2. The number of hydrogen-bond donors (Lipinski definition) is 3. The van der Waals surface area contributed by atoms with Gasteiger partial charge in [0, 0.05) is 5.56 Å². The molecule has 0 saturated carbocycles. The monoisotopic (exact) mass is 277 g/mol. The third kappa shape index (κ3) is 2.77. The molecule has 0 aliphatic rings. The lowest BCUT2D eigenvalue weighted by atomic mass is 10.2. The van der Waals surface area contributed by atoms with Crippen LogP contribution in [0.2, 0.25) is 5.02 Å². The number of halogens is 1. The van der Waals surface area contributed by atoms with Crippen LogP contribution in [0.1, 0.15) is 18.1 Å². The second-order valence-corrected chi connectivity index (χ2v) is 4.49. The van der Waals surface area contributed by atoms with Crippen molar-refractivity contribution < 1.29 is 0 Å². The zero-order valence-electron chi connectivity index (χ0n) is 10.9. The number of nitrogen functional groups attached to an aromatic ring is 1. The Hall–Kier alpha value is -1.85. The summed E-state index contributed by atoms with van der Waals surface area (Å²) in [7, 11) is 0. The third-order valence-electron chi connectivity index (χ3n) is 2.88.